The summed E-state index contributed by atoms with van der Waals surface area (Å²) >= 11 is 0. The molecule has 0 aliphatic rings. The molecule has 2 aromatic heterocycles. The van der Waals surface area contributed by atoms with E-state index in [2.05, 4.69) is 42.6 Å². The molecular weight excluding hydrogens is 312 g/mol. The van der Waals surface area contributed by atoms with E-state index in [1.807, 2.05) is 57.5 Å². The van der Waals surface area contributed by atoms with Crippen molar-refractivity contribution in [1.29, 1.82) is 0 Å². The van der Waals surface area contributed by atoms with Gasteiger partial charge in [0.15, 0.2) is 0 Å². The number of nitrogens with zero attached hydrogens (tertiary/aromatic N) is 4. The SMILES string of the molecule is Cc1cc(Nc2ccc(N(C)C)cc2)nc(NCc2cccnc2)n1. The number of benzene rings is 1. The first-order valence-corrected chi connectivity index (χ1v) is 8.13. The second-order valence-electron chi connectivity index (χ2n) is 6.00. The lowest BCUT2D eigenvalue weighted by Crippen LogP contribution is -2.08. The van der Waals surface area contributed by atoms with Crippen LogP contribution < -0.4 is 15.5 Å². The summed E-state index contributed by atoms with van der Waals surface area (Å²) in [6.45, 7) is 2.59. The lowest BCUT2D eigenvalue weighted by atomic mass is 10.2. The van der Waals surface area contributed by atoms with Crippen LogP contribution in [-0.4, -0.2) is 29.0 Å². The Morgan fingerprint density at radius 2 is 1.84 bits per heavy atom. The predicted molar refractivity (Wildman–Crippen MR) is 102 cm³/mol. The van der Waals surface area contributed by atoms with E-state index in [4.69, 9.17) is 0 Å². The average molecular weight is 334 g/mol. The Morgan fingerprint density at radius 1 is 1.04 bits per heavy atom. The smallest absolute Gasteiger partial charge is 0.225 e. The molecule has 0 saturated heterocycles. The molecule has 3 rings (SSSR count). The van der Waals surface area contributed by atoms with Crippen LogP contribution in [0.3, 0.4) is 0 Å². The zero-order valence-corrected chi connectivity index (χ0v) is 14.7. The summed E-state index contributed by atoms with van der Waals surface area (Å²) in [6.07, 6.45) is 3.59. The predicted octanol–water partition coefficient (Wildman–Crippen LogP) is 3.60. The normalized spacial score (nSPS) is 10.4. The van der Waals surface area contributed by atoms with Gasteiger partial charge in [0.05, 0.1) is 0 Å². The first-order chi connectivity index (χ1) is 12.1. The third kappa shape index (κ3) is 4.67. The maximum Gasteiger partial charge on any atom is 0.225 e. The zero-order valence-electron chi connectivity index (χ0n) is 14.7. The van der Waals surface area contributed by atoms with Gasteiger partial charge >= 0.3 is 0 Å². The van der Waals surface area contributed by atoms with Gasteiger partial charge in [0.1, 0.15) is 5.82 Å². The van der Waals surface area contributed by atoms with Crippen LogP contribution >= 0.6 is 0 Å². The Hall–Kier alpha value is -3.15. The molecule has 0 spiro atoms. The van der Waals surface area contributed by atoms with Gasteiger partial charge in [-0.25, -0.2) is 4.98 Å². The van der Waals surface area contributed by atoms with E-state index in [1.165, 1.54) is 0 Å². The molecule has 6 heteroatoms. The van der Waals surface area contributed by atoms with Crippen molar-refractivity contribution >= 4 is 23.1 Å². The molecule has 0 bridgehead atoms. The summed E-state index contributed by atoms with van der Waals surface area (Å²) in [6, 6.07) is 14.1. The Bertz CT molecular complexity index is 815. The summed E-state index contributed by atoms with van der Waals surface area (Å²) < 4.78 is 0. The van der Waals surface area contributed by atoms with Crippen molar-refractivity contribution in [3.05, 3.63) is 66.1 Å². The van der Waals surface area contributed by atoms with Crippen molar-refractivity contribution < 1.29 is 0 Å². The molecule has 6 nitrogen and oxygen atoms in total. The molecule has 0 unspecified atom stereocenters. The Balaban J connectivity index is 1.70. The summed E-state index contributed by atoms with van der Waals surface area (Å²) in [5.74, 6) is 1.36. The molecule has 2 heterocycles. The maximum absolute atomic E-state index is 4.54. The molecule has 1 aromatic carbocycles. The largest absolute Gasteiger partial charge is 0.378 e. The third-order valence-electron chi connectivity index (χ3n) is 3.68. The van der Waals surface area contributed by atoms with Crippen molar-refractivity contribution in [2.24, 2.45) is 0 Å². The zero-order chi connectivity index (χ0) is 17.6. The van der Waals surface area contributed by atoms with E-state index >= 15 is 0 Å². The second-order valence-corrected chi connectivity index (χ2v) is 6.00. The van der Waals surface area contributed by atoms with Gasteiger partial charge in [-0.1, -0.05) is 6.07 Å². The molecule has 2 N–H and O–H groups in total. The molecule has 128 valence electrons. The fourth-order valence-electron chi connectivity index (χ4n) is 2.39. The number of aryl methyl sites for hydroxylation is 1. The van der Waals surface area contributed by atoms with Crippen LogP contribution in [0, 0.1) is 6.92 Å². The quantitative estimate of drug-likeness (QED) is 0.718. The van der Waals surface area contributed by atoms with Gasteiger partial charge < -0.3 is 15.5 Å². The van der Waals surface area contributed by atoms with E-state index in [9.17, 15) is 0 Å². The molecule has 0 fully saturated rings. The van der Waals surface area contributed by atoms with Crippen molar-refractivity contribution in [1.82, 2.24) is 15.0 Å². The topological polar surface area (TPSA) is 66.0 Å². The van der Waals surface area contributed by atoms with Gasteiger partial charge in [0.25, 0.3) is 0 Å². The molecule has 25 heavy (non-hydrogen) atoms. The van der Waals surface area contributed by atoms with E-state index in [0.29, 0.717) is 12.5 Å². The first kappa shape index (κ1) is 16.7. The number of aromatic nitrogens is 3. The van der Waals surface area contributed by atoms with Crippen LogP contribution in [0.2, 0.25) is 0 Å². The highest BCUT2D eigenvalue weighted by Crippen LogP contribution is 2.20. The lowest BCUT2D eigenvalue weighted by Gasteiger charge is -2.14. The van der Waals surface area contributed by atoms with Crippen molar-refractivity contribution in [3.8, 4) is 0 Å². The van der Waals surface area contributed by atoms with Crippen LogP contribution in [0.25, 0.3) is 0 Å². The Labute approximate surface area is 148 Å². The Kier molecular flexibility index (Phi) is 5.09. The highest BCUT2D eigenvalue weighted by molar-refractivity contribution is 5.61. The minimum Gasteiger partial charge on any atom is -0.378 e. The molecular formula is C19H22N6. The third-order valence-corrected chi connectivity index (χ3v) is 3.68. The highest BCUT2D eigenvalue weighted by atomic mass is 15.1. The van der Waals surface area contributed by atoms with Crippen molar-refractivity contribution in [3.63, 3.8) is 0 Å². The van der Waals surface area contributed by atoms with Gasteiger partial charge in [0, 0.05) is 56.2 Å². The highest BCUT2D eigenvalue weighted by Gasteiger charge is 2.04. The molecule has 0 radical (unpaired) electrons. The standard InChI is InChI=1S/C19H22N6/c1-14-11-18(23-16-6-8-17(9-7-16)25(2)3)24-19(22-14)21-13-15-5-4-10-20-12-15/h4-12H,13H2,1-3H3,(H2,21,22,23,24). The molecule has 0 aliphatic carbocycles. The first-order valence-electron chi connectivity index (χ1n) is 8.13. The average Bonchev–Trinajstić information content (AvgIpc) is 2.61. The number of hydrogen-bond acceptors (Lipinski definition) is 6. The van der Waals surface area contributed by atoms with Crippen LogP contribution in [0.1, 0.15) is 11.3 Å². The summed E-state index contributed by atoms with van der Waals surface area (Å²) in [5.41, 5.74) is 4.13. The van der Waals surface area contributed by atoms with E-state index in [0.717, 1.165) is 28.5 Å². The van der Waals surface area contributed by atoms with Crippen LogP contribution in [0.4, 0.5) is 23.1 Å². The minimum absolute atomic E-state index is 0.594. The van der Waals surface area contributed by atoms with Crippen molar-refractivity contribution in [2.45, 2.75) is 13.5 Å². The monoisotopic (exact) mass is 334 g/mol. The van der Waals surface area contributed by atoms with Gasteiger partial charge in [-0.05, 0) is 42.8 Å². The number of nitrogens with one attached hydrogen (secondary N) is 2. The van der Waals surface area contributed by atoms with Crippen LogP contribution in [0.5, 0.6) is 0 Å². The molecule has 0 aliphatic heterocycles. The molecule has 0 amide bonds. The lowest BCUT2D eigenvalue weighted by molar-refractivity contribution is 1.02. The number of anilines is 4. The fraction of sp³-hybridized carbons (Fsp3) is 0.211. The van der Waals surface area contributed by atoms with Gasteiger partial charge in [-0.15, -0.1) is 0 Å². The minimum atomic E-state index is 0.594. The van der Waals surface area contributed by atoms with Gasteiger partial charge in [-0.2, -0.15) is 4.98 Å². The summed E-state index contributed by atoms with van der Waals surface area (Å²) in [7, 11) is 4.05. The summed E-state index contributed by atoms with van der Waals surface area (Å²) in [5, 5.41) is 6.57. The number of pyridine rings is 1. The van der Waals surface area contributed by atoms with Crippen LogP contribution in [0.15, 0.2) is 54.9 Å². The van der Waals surface area contributed by atoms with Crippen molar-refractivity contribution in [2.75, 3.05) is 29.6 Å². The number of rotatable bonds is 6. The number of hydrogen-bond donors (Lipinski definition) is 2. The molecule has 0 saturated carbocycles. The Morgan fingerprint density at radius 3 is 2.52 bits per heavy atom. The van der Waals surface area contributed by atoms with E-state index < -0.39 is 0 Å². The molecule has 3 aromatic rings. The summed E-state index contributed by atoms with van der Waals surface area (Å²) in [4.78, 5) is 15.2. The maximum atomic E-state index is 4.54. The van der Waals surface area contributed by atoms with E-state index in [1.54, 1.807) is 6.20 Å². The van der Waals surface area contributed by atoms with E-state index in [-0.39, 0.29) is 0 Å². The van der Waals surface area contributed by atoms with Gasteiger partial charge in [-0.3, -0.25) is 4.98 Å². The van der Waals surface area contributed by atoms with Gasteiger partial charge in [0.2, 0.25) is 5.95 Å². The van der Waals surface area contributed by atoms with Crippen LogP contribution in [-0.2, 0) is 6.54 Å². The fourth-order valence-corrected chi connectivity index (χ4v) is 2.39. The second kappa shape index (κ2) is 7.61. The molecule has 0 atom stereocenters.